The third-order valence-electron chi connectivity index (χ3n) is 5.28. The first-order chi connectivity index (χ1) is 15.8. The van der Waals surface area contributed by atoms with E-state index in [1.54, 1.807) is 53.4 Å². The standard InChI is InChI=1S/C24H22ClN3O4S/c25-21-7-1-2-8-22(21)27-33(31,32)20-6-3-5-19(15-20)26-24(30)18-12-10-17(11-13-18)16-28-14-4-9-23(28)29/h1-3,5-8,10-13,15,27H,4,9,14,16H2,(H,26,30). The molecule has 1 aliphatic heterocycles. The summed E-state index contributed by atoms with van der Waals surface area (Å²) in [6.07, 6.45) is 1.46. The molecule has 0 saturated carbocycles. The van der Waals surface area contributed by atoms with E-state index in [4.69, 9.17) is 11.6 Å². The van der Waals surface area contributed by atoms with Gasteiger partial charge in [0, 0.05) is 30.8 Å². The van der Waals surface area contributed by atoms with E-state index < -0.39 is 10.0 Å². The molecule has 1 fully saturated rings. The summed E-state index contributed by atoms with van der Waals surface area (Å²) in [6, 6.07) is 19.5. The number of likely N-dealkylation sites (tertiary alicyclic amines) is 1. The molecule has 33 heavy (non-hydrogen) atoms. The van der Waals surface area contributed by atoms with Gasteiger partial charge in [0.1, 0.15) is 0 Å². The van der Waals surface area contributed by atoms with Crippen molar-refractivity contribution in [1.29, 1.82) is 0 Å². The SMILES string of the molecule is O=C(Nc1cccc(S(=O)(=O)Nc2ccccc2Cl)c1)c1ccc(CN2CCCC2=O)cc1. The normalized spacial score (nSPS) is 13.7. The number of hydrogen-bond donors (Lipinski definition) is 2. The van der Waals surface area contributed by atoms with E-state index in [0.29, 0.717) is 24.2 Å². The molecule has 1 heterocycles. The van der Waals surface area contributed by atoms with Crippen LogP contribution in [-0.4, -0.2) is 31.7 Å². The fourth-order valence-electron chi connectivity index (χ4n) is 3.55. The highest BCUT2D eigenvalue weighted by molar-refractivity contribution is 7.92. The number of carbonyl (C=O) groups is 2. The molecule has 4 rings (SSSR count). The second-order valence-corrected chi connectivity index (χ2v) is 9.77. The summed E-state index contributed by atoms with van der Waals surface area (Å²) in [4.78, 5) is 26.2. The average molecular weight is 484 g/mol. The molecule has 3 aromatic carbocycles. The van der Waals surface area contributed by atoms with Gasteiger partial charge in [0.2, 0.25) is 5.91 Å². The molecule has 7 nitrogen and oxygen atoms in total. The average Bonchev–Trinajstić information content (AvgIpc) is 3.20. The maximum atomic E-state index is 12.8. The molecule has 0 aliphatic carbocycles. The first-order valence-electron chi connectivity index (χ1n) is 10.4. The maximum absolute atomic E-state index is 12.8. The van der Waals surface area contributed by atoms with E-state index in [-0.39, 0.29) is 27.4 Å². The van der Waals surface area contributed by atoms with Gasteiger partial charge in [-0.15, -0.1) is 0 Å². The Bertz CT molecular complexity index is 1290. The molecule has 0 aromatic heterocycles. The third kappa shape index (κ3) is 5.53. The molecule has 9 heteroatoms. The van der Waals surface area contributed by atoms with Crippen molar-refractivity contribution in [3.63, 3.8) is 0 Å². The lowest BCUT2D eigenvalue weighted by Crippen LogP contribution is -2.23. The molecule has 0 radical (unpaired) electrons. The van der Waals surface area contributed by atoms with E-state index >= 15 is 0 Å². The summed E-state index contributed by atoms with van der Waals surface area (Å²) in [5, 5.41) is 3.00. The number of anilines is 2. The van der Waals surface area contributed by atoms with E-state index in [1.807, 2.05) is 12.1 Å². The number of carbonyl (C=O) groups excluding carboxylic acids is 2. The molecule has 3 aromatic rings. The van der Waals surface area contributed by atoms with Crippen molar-refractivity contribution in [2.24, 2.45) is 0 Å². The van der Waals surface area contributed by atoms with Gasteiger partial charge < -0.3 is 10.2 Å². The first kappa shape index (κ1) is 22.8. The Morgan fingerprint density at radius 2 is 1.76 bits per heavy atom. The highest BCUT2D eigenvalue weighted by Gasteiger charge is 2.20. The van der Waals surface area contributed by atoms with Crippen LogP contribution in [0, 0.1) is 0 Å². The van der Waals surface area contributed by atoms with Crippen LogP contribution in [0.5, 0.6) is 0 Å². The number of sulfonamides is 1. The fraction of sp³-hybridized carbons (Fsp3) is 0.167. The van der Waals surface area contributed by atoms with Gasteiger partial charge in [-0.2, -0.15) is 0 Å². The lowest BCUT2D eigenvalue weighted by molar-refractivity contribution is -0.128. The molecule has 0 spiro atoms. The summed E-state index contributed by atoms with van der Waals surface area (Å²) in [5.41, 5.74) is 1.98. The van der Waals surface area contributed by atoms with Gasteiger partial charge in [0.15, 0.2) is 0 Å². The van der Waals surface area contributed by atoms with Crippen LogP contribution in [0.2, 0.25) is 5.02 Å². The van der Waals surface area contributed by atoms with Crippen molar-refractivity contribution in [2.75, 3.05) is 16.6 Å². The van der Waals surface area contributed by atoms with Crippen LogP contribution in [0.15, 0.2) is 77.7 Å². The predicted molar refractivity (Wildman–Crippen MR) is 128 cm³/mol. The highest BCUT2D eigenvalue weighted by Crippen LogP contribution is 2.25. The maximum Gasteiger partial charge on any atom is 0.262 e. The van der Waals surface area contributed by atoms with Crippen molar-refractivity contribution >= 4 is 44.8 Å². The second kappa shape index (κ2) is 9.64. The third-order valence-corrected chi connectivity index (χ3v) is 6.97. The van der Waals surface area contributed by atoms with E-state index in [2.05, 4.69) is 10.0 Å². The smallest absolute Gasteiger partial charge is 0.262 e. The van der Waals surface area contributed by atoms with Gasteiger partial charge in [-0.1, -0.05) is 41.9 Å². The number of halogens is 1. The molecule has 0 bridgehead atoms. The molecule has 170 valence electrons. The van der Waals surface area contributed by atoms with Crippen molar-refractivity contribution in [3.8, 4) is 0 Å². The summed E-state index contributed by atoms with van der Waals surface area (Å²) in [5.74, 6) is -0.219. The molecule has 2 N–H and O–H groups in total. The summed E-state index contributed by atoms with van der Waals surface area (Å²) < 4.78 is 28.0. The lowest BCUT2D eigenvalue weighted by Gasteiger charge is -2.15. The topological polar surface area (TPSA) is 95.6 Å². The summed E-state index contributed by atoms with van der Waals surface area (Å²) in [7, 11) is -3.90. The van der Waals surface area contributed by atoms with Gasteiger partial charge in [0.05, 0.1) is 15.6 Å². The van der Waals surface area contributed by atoms with Crippen molar-refractivity contribution in [3.05, 3.63) is 88.9 Å². The van der Waals surface area contributed by atoms with E-state index in [9.17, 15) is 18.0 Å². The van der Waals surface area contributed by atoms with Gasteiger partial charge >= 0.3 is 0 Å². The van der Waals surface area contributed by atoms with Gasteiger partial charge in [-0.3, -0.25) is 14.3 Å². The van der Waals surface area contributed by atoms with Crippen LogP contribution < -0.4 is 10.0 Å². The minimum Gasteiger partial charge on any atom is -0.338 e. The monoisotopic (exact) mass is 483 g/mol. The Labute approximate surface area is 197 Å². The number of nitrogens with zero attached hydrogens (tertiary/aromatic N) is 1. The molecule has 1 saturated heterocycles. The van der Waals surface area contributed by atoms with Crippen molar-refractivity contribution < 1.29 is 18.0 Å². The molecule has 0 unspecified atom stereocenters. The van der Waals surface area contributed by atoms with Crippen LogP contribution in [0.4, 0.5) is 11.4 Å². The first-order valence-corrected chi connectivity index (χ1v) is 12.2. The largest absolute Gasteiger partial charge is 0.338 e. The number of para-hydroxylation sites is 1. The summed E-state index contributed by atoms with van der Waals surface area (Å²) in [6.45, 7) is 1.28. The van der Waals surface area contributed by atoms with Crippen LogP contribution in [0.25, 0.3) is 0 Å². The molecule has 0 atom stereocenters. The van der Waals surface area contributed by atoms with Gasteiger partial charge in [0.25, 0.3) is 15.9 Å². The summed E-state index contributed by atoms with van der Waals surface area (Å²) >= 11 is 6.05. The zero-order chi connectivity index (χ0) is 23.4. The van der Waals surface area contributed by atoms with E-state index in [1.165, 1.54) is 12.1 Å². The Morgan fingerprint density at radius 1 is 1.00 bits per heavy atom. The second-order valence-electron chi connectivity index (χ2n) is 7.68. The van der Waals surface area contributed by atoms with E-state index in [0.717, 1.165) is 18.5 Å². The van der Waals surface area contributed by atoms with Gasteiger partial charge in [-0.05, 0) is 54.4 Å². The number of nitrogens with one attached hydrogen (secondary N) is 2. The van der Waals surface area contributed by atoms with Crippen molar-refractivity contribution in [2.45, 2.75) is 24.3 Å². The zero-order valence-electron chi connectivity index (χ0n) is 17.6. The number of benzene rings is 3. The Morgan fingerprint density at radius 3 is 2.45 bits per heavy atom. The quantitative estimate of drug-likeness (QED) is 0.516. The molecule has 2 amide bonds. The van der Waals surface area contributed by atoms with Crippen LogP contribution in [0.3, 0.4) is 0 Å². The van der Waals surface area contributed by atoms with Gasteiger partial charge in [-0.25, -0.2) is 8.42 Å². The highest BCUT2D eigenvalue weighted by atomic mass is 35.5. The van der Waals surface area contributed by atoms with Crippen LogP contribution in [0.1, 0.15) is 28.8 Å². The minimum atomic E-state index is -3.90. The lowest BCUT2D eigenvalue weighted by atomic mass is 10.1. The fourth-order valence-corrected chi connectivity index (χ4v) is 4.91. The Kier molecular flexibility index (Phi) is 6.67. The molecule has 1 aliphatic rings. The van der Waals surface area contributed by atoms with Crippen LogP contribution >= 0.6 is 11.6 Å². The van der Waals surface area contributed by atoms with Crippen LogP contribution in [-0.2, 0) is 21.4 Å². The number of rotatable bonds is 7. The predicted octanol–water partition coefficient (Wildman–Crippen LogP) is 4.52. The Balaban J connectivity index is 1.44. The minimum absolute atomic E-state index is 0.00847. The number of amides is 2. The van der Waals surface area contributed by atoms with Crippen molar-refractivity contribution in [1.82, 2.24) is 4.90 Å². The Hall–Kier alpha value is -3.36. The molecular formula is C24H22ClN3O4S. The zero-order valence-corrected chi connectivity index (χ0v) is 19.2. The number of hydrogen-bond acceptors (Lipinski definition) is 4. The molecular weight excluding hydrogens is 462 g/mol.